The van der Waals surface area contributed by atoms with Crippen LogP contribution in [0.1, 0.15) is 11.5 Å². The Bertz CT molecular complexity index is 457. The van der Waals surface area contributed by atoms with E-state index in [9.17, 15) is 0 Å². The van der Waals surface area contributed by atoms with E-state index in [0.717, 1.165) is 11.5 Å². The number of hydrogen-bond donors (Lipinski definition) is 1. The van der Waals surface area contributed by atoms with Crippen molar-refractivity contribution in [2.45, 2.75) is 13.5 Å². The van der Waals surface area contributed by atoms with E-state index in [1.807, 2.05) is 13.0 Å². The van der Waals surface area contributed by atoms with Crippen molar-refractivity contribution < 1.29 is 4.52 Å². The second kappa shape index (κ2) is 4.27. The van der Waals surface area contributed by atoms with Gasteiger partial charge in [-0.25, -0.2) is 9.97 Å². The van der Waals surface area contributed by atoms with Gasteiger partial charge in [0.05, 0.1) is 12.7 Å². The van der Waals surface area contributed by atoms with Gasteiger partial charge in [-0.05, 0) is 6.92 Å². The summed E-state index contributed by atoms with van der Waals surface area (Å²) >= 11 is 5.86. The molecule has 2 rings (SSSR count). The van der Waals surface area contributed by atoms with E-state index in [1.54, 1.807) is 0 Å². The molecule has 0 aliphatic carbocycles. The van der Waals surface area contributed by atoms with Crippen LogP contribution in [0.5, 0.6) is 0 Å². The van der Waals surface area contributed by atoms with E-state index in [2.05, 4.69) is 20.4 Å². The Morgan fingerprint density at radius 1 is 1.53 bits per heavy atom. The average Bonchev–Trinajstić information content (AvgIpc) is 2.63. The Balaban J connectivity index is 2.02. The van der Waals surface area contributed by atoms with Crippen LogP contribution in [0.25, 0.3) is 0 Å². The minimum Gasteiger partial charge on any atom is -0.363 e. The molecule has 0 unspecified atom stereocenters. The molecule has 0 aliphatic heterocycles. The van der Waals surface area contributed by atoms with Crippen LogP contribution in [0.15, 0.2) is 23.1 Å². The summed E-state index contributed by atoms with van der Waals surface area (Å²) in [6.07, 6.45) is 2.97. The lowest BCUT2D eigenvalue weighted by Gasteiger charge is -2.03. The summed E-state index contributed by atoms with van der Waals surface area (Å²) in [7, 11) is 0. The first-order valence-electron chi connectivity index (χ1n) is 4.37. The van der Waals surface area contributed by atoms with Crippen molar-refractivity contribution in [1.82, 2.24) is 15.1 Å². The predicted octanol–water partition coefficient (Wildman–Crippen LogP) is 2.04. The van der Waals surface area contributed by atoms with Gasteiger partial charge in [-0.2, -0.15) is 0 Å². The summed E-state index contributed by atoms with van der Waals surface area (Å²) in [6, 6.07) is 1.85. The van der Waals surface area contributed by atoms with Gasteiger partial charge >= 0.3 is 0 Å². The van der Waals surface area contributed by atoms with Crippen molar-refractivity contribution in [3.8, 4) is 0 Å². The van der Waals surface area contributed by atoms with Gasteiger partial charge < -0.3 is 9.84 Å². The van der Waals surface area contributed by atoms with Crippen molar-refractivity contribution in [2.24, 2.45) is 0 Å². The molecule has 0 spiro atoms. The molecule has 0 saturated carbocycles. The number of hydrogen-bond acceptors (Lipinski definition) is 5. The fourth-order valence-corrected chi connectivity index (χ4v) is 1.29. The molecule has 78 valence electrons. The lowest BCUT2D eigenvalue weighted by atomic mass is 10.4. The zero-order valence-corrected chi connectivity index (χ0v) is 8.82. The highest BCUT2D eigenvalue weighted by Gasteiger charge is 2.03. The van der Waals surface area contributed by atoms with Crippen LogP contribution in [-0.2, 0) is 6.54 Å². The largest absolute Gasteiger partial charge is 0.363 e. The molecule has 1 N–H and O–H groups in total. The molecule has 2 heterocycles. The van der Waals surface area contributed by atoms with Gasteiger partial charge in [-0.3, -0.25) is 0 Å². The second-order valence-electron chi connectivity index (χ2n) is 3.00. The van der Waals surface area contributed by atoms with Crippen LogP contribution in [0.4, 0.5) is 5.82 Å². The highest BCUT2D eigenvalue weighted by atomic mass is 35.5. The first kappa shape index (κ1) is 9.92. The molecule has 2 aromatic heterocycles. The van der Waals surface area contributed by atoms with Crippen molar-refractivity contribution >= 4 is 17.4 Å². The maximum Gasteiger partial charge on any atom is 0.148 e. The maximum absolute atomic E-state index is 5.86. The minimum atomic E-state index is 0.484. The van der Waals surface area contributed by atoms with Gasteiger partial charge in [0.15, 0.2) is 0 Å². The Morgan fingerprint density at radius 3 is 3.07 bits per heavy atom. The number of aryl methyl sites for hydroxylation is 1. The van der Waals surface area contributed by atoms with E-state index in [-0.39, 0.29) is 0 Å². The second-order valence-corrected chi connectivity index (χ2v) is 3.41. The molecule has 0 bridgehead atoms. The summed E-state index contributed by atoms with van der Waals surface area (Å²) in [5.74, 6) is 1.37. The lowest BCUT2D eigenvalue weighted by Crippen LogP contribution is -2.02. The molecule has 0 atom stereocenters. The average molecular weight is 225 g/mol. The van der Waals surface area contributed by atoms with E-state index < -0.39 is 0 Å². The van der Waals surface area contributed by atoms with E-state index >= 15 is 0 Å². The van der Waals surface area contributed by atoms with Gasteiger partial charge in [0.1, 0.15) is 28.6 Å². The Morgan fingerprint density at radius 2 is 2.40 bits per heavy atom. The van der Waals surface area contributed by atoms with Crippen LogP contribution in [0, 0.1) is 6.92 Å². The van der Waals surface area contributed by atoms with Crippen LogP contribution in [-0.4, -0.2) is 15.1 Å². The molecule has 0 saturated heterocycles. The van der Waals surface area contributed by atoms with Crippen molar-refractivity contribution in [3.05, 3.63) is 35.1 Å². The topological polar surface area (TPSA) is 63.8 Å². The normalized spacial score (nSPS) is 10.3. The third-order valence-corrected chi connectivity index (χ3v) is 2.06. The molecule has 2 aromatic rings. The van der Waals surface area contributed by atoms with Crippen molar-refractivity contribution in [2.75, 3.05) is 5.32 Å². The smallest absolute Gasteiger partial charge is 0.148 e. The third-order valence-electron chi connectivity index (χ3n) is 1.78. The minimum absolute atomic E-state index is 0.484. The molecular weight excluding hydrogens is 216 g/mol. The van der Waals surface area contributed by atoms with Crippen LogP contribution < -0.4 is 5.32 Å². The molecule has 15 heavy (non-hydrogen) atoms. The van der Waals surface area contributed by atoms with Gasteiger partial charge in [0.25, 0.3) is 0 Å². The molecule has 6 heteroatoms. The zero-order chi connectivity index (χ0) is 10.7. The molecule has 0 amide bonds. The van der Waals surface area contributed by atoms with E-state index in [0.29, 0.717) is 17.4 Å². The predicted molar refractivity (Wildman–Crippen MR) is 55.6 cm³/mol. The zero-order valence-electron chi connectivity index (χ0n) is 8.07. The fraction of sp³-hybridized carbons (Fsp3) is 0.222. The first-order chi connectivity index (χ1) is 7.25. The maximum atomic E-state index is 5.86. The highest BCUT2D eigenvalue weighted by molar-refractivity contribution is 6.32. The van der Waals surface area contributed by atoms with E-state index in [4.69, 9.17) is 16.1 Å². The number of aromatic nitrogens is 3. The number of anilines is 1. The Kier molecular flexibility index (Phi) is 2.82. The van der Waals surface area contributed by atoms with E-state index in [1.165, 1.54) is 12.5 Å². The SMILES string of the molecule is Cc1cc(CNc2ncncc2Cl)no1. The van der Waals surface area contributed by atoms with Gasteiger partial charge in [0.2, 0.25) is 0 Å². The fourth-order valence-electron chi connectivity index (χ4n) is 1.12. The molecule has 0 aliphatic rings. The van der Waals surface area contributed by atoms with Gasteiger partial charge in [-0.1, -0.05) is 16.8 Å². The van der Waals surface area contributed by atoms with Crippen molar-refractivity contribution in [3.63, 3.8) is 0 Å². The number of nitrogens with one attached hydrogen (secondary N) is 1. The number of halogens is 1. The first-order valence-corrected chi connectivity index (χ1v) is 4.75. The highest BCUT2D eigenvalue weighted by Crippen LogP contribution is 2.16. The van der Waals surface area contributed by atoms with Crippen LogP contribution >= 0.6 is 11.6 Å². The van der Waals surface area contributed by atoms with Crippen molar-refractivity contribution in [1.29, 1.82) is 0 Å². The molecular formula is C9H9ClN4O. The van der Waals surface area contributed by atoms with Crippen LogP contribution in [0.2, 0.25) is 5.02 Å². The summed E-state index contributed by atoms with van der Waals surface area (Å²) in [6.45, 7) is 2.36. The summed E-state index contributed by atoms with van der Waals surface area (Å²) < 4.78 is 4.93. The van der Waals surface area contributed by atoms with Gasteiger partial charge in [0, 0.05) is 6.07 Å². The lowest BCUT2D eigenvalue weighted by molar-refractivity contribution is 0.391. The summed E-state index contributed by atoms with van der Waals surface area (Å²) in [5, 5.41) is 7.36. The number of nitrogens with zero attached hydrogens (tertiary/aromatic N) is 3. The summed E-state index contributed by atoms with van der Waals surface area (Å²) in [5.41, 5.74) is 0.808. The Hall–Kier alpha value is -1.62. The third kappa shape index (κ3) is 2.44. The number of rotatable bonds is 3. The Labute approximate surface area is 91.5 Å². The van der Waals surface area contributed by atoms with Crippen LogP contribution in [0.3, 0.4) is 0 Å². The monoisotopic (exact) mass is 224 g/mol. The molecule has 0 radical (unpaired) electrons. The quantitative estimate of drug-likeness (QED) is 0.864. The molecule has 0 fully saturated rings. The summed E-state index contributed by atoms with van der Waals surface area (Å²) in [4.78, 5) is 7.77. The van der Waals surface area contributed by atoms with Gasteiger partial charge in [-0.15, -0.1) is 0 Å². The molecule has 0 aromatic carbocycles. The standard InChI is InChI=1S/C9H9ClN4O/c1-6-2-7(14-15-6)3-12-9-8(10)4-11-5-13-9/h2,4-5H,3H2,1H3,(H,11,12,13). The molecule has 5 nitrogen and oxygen atoms in total.